The normalized spacial score (nSPS) is 17.4. The maximum atomic E-state index is 13.1. The number of aliphatic hydroxyl groups excluding tert-OH is 1. The third kappa shape index (κ3) is 3.78. The molecule has 1 atom stereocenters. The first-order valence-corrected chi connectivity index (χ1v) is 9.84. The average Bonchev–Trinajstić information content (AvgIpc) is 3.09. The molecule has 1 amide bonds. The number of nitrogens with zero attached hydrogens (tertiary/aromatic N) is 3. The van der Waals surface area contributed by atoms with Crippen molar-refractivity contribution in [2.24, 2.45) is 0 Å². The number of rotatable bonds is 6. The number of benzene rings is 1. The number of ketones is 1. The van der Waals surface area contributed by atoms with E-state index in [2.05, 4.69) is 9.97 Å². The van der Waals surface area contributed by atoms with Crippen molar-refractivity contribution in [2.75, 3.05) is 14.2 Å². The van der Waals surface area contributed by atoms with Crippen LogP contribution in [-0.4, -0.2) is 45.9 Å². The second-order valence-electron chi connectivity index (χ2n) is 7.14. The van der Waals surface area contributed by atoms with Crippen LogP contribution in [0.2, 0.25) is 0 Å². The standard InChI is InChI=1S/C24H21N3O5/c1-31-18-8-7-16(11-19(18)32-2)22(28)20-21(17-6-4-10-26-13-17)27(24(30)23(20)29)14-15-5-3-9-25-12-15/h3-13,21,28H,14H2,1-2H3/t21-/m1/s1. The van der Waals surface area contributed by atoms with Gasteiger partial charge < -0.3 is 19.5 Å². The highest BCUT2D eigenvalue weighted by molar-refractivity contribution is 6.46. The Kier molecular flexibility index (Phi) is 5.85. The summed E-state index contributed by atoms with van der Waals surface area (Å²) in [6, 6.07) is 11.0. The maximum absolute atomic E-state index is 13.1. The molecule has 1 fully saturated rings. The minimum absolute atomic E-state index is 0.0147. The van der Waals surface area contributed by atoms with Gasteiger partial charge in [-0.1, -0.05) is 12.1 Å². The van der Waals surface area contributed by atoms with Crippen molar-refractivity contribution in [3.63, 3.8) is 0 Å². The SMILES string of the molecule is COc1ccc(C(O)=C2C(=O)C(=O)N(Cc3cccnc3)[C@@H]2c2cccnc2)cc1OC. The number of pyridine rings is 2. The van der Waals surface area contributed by atoms with Crippen LogP contribution >= 0.6 is 0 Å². The number of aromatic nitrogens is 2. The van der Waals surface area contributed by atoms with Crippen LogP contribution in [0.4, 0.5) is 0 Å². The minimum Gasteiger partial charge on any atom is -0.507 e. The first-order valence-electron chi connectivity index (χ1n) is 9.84. The van der Waals surface area contributed by atoms with Gasteiger partial charge in [-0.05, 0) is 41.5 Å². The molecule has 0 unspecified atom stereocenters. The molecule has 4 rings (SSSR count). The summed E-state index contributed by atoms with van der Waals surface area (Å²) in [5.74, 6) is -0.907. The molecule has 0 spiro atoms. The van der Waals surface area contributed by atoms with E-state index in [1.807, 2.05) is 6.07 Å². The second kappa shape index (κ2) is 8.89. The number of carbonyl (C=O) groups excluding carboxylic acids is 2. The number of Topliss-reactive ketones (excluding diaryl/α,β-unsaturated/α-hetero) is 1. The number of hydrogen-bond donors (Lipinski definition) is 1. The fraction of sp³-hybridized carbons (Fsp3) is 0.167. The largest absolute Gasteiger partial charge is 0.507 e. The summed E-state index contributed by atoms with van der Waals surface area (Å²) >= 11 is 0. The smallest absolute Gasteiger partial charge is 0.295 e. The second-order valence-corrected chi connectivity index (χ2v) is 7.14. The number of methoxy groups -OCH3 is 2. The lowest BCUT2D eigenvalue weighted by Gasteiger charge is -2.25. The quantitative estimate of drug-likeness (QED) is 0.363. The van der Waals surface area contributed by atoms with E-state index in [0.29, 0.717) is 22.6 Å². The molecule has 162 valence electrons. The molecular formula is C24H21N3O5. The molecule has 1 aliphatic rings. The van der Waals surface area contributed by atoms with Crippen molar-refractivity contribution < 1.29 is 24.2 Å². The molecule has 0 saturated carbocycles. The van der Waals surface area contributed by atoms with Crippen LogP contribution in [0.1, 0.15) is 22.7 Å². The van der Waals surface area contributed by atoms with Gasteiger partial charge in [0.2, 0.25) is 0 Å². The number of carbonyl (C=O) groups is 2. The summed E-state index contributed by atoms with van der Waals surface area (Å²) in [6.07, 6.45) is 6.45. The zero-order valence-electron chi connectivity index (χ0n) is 17.6. The van der Waals surface area contributed by atoms with Crippen LogP contribution in [-0.2, 0) is 16.1 Å². The summed E-state index contributed by atoms with van der Waals surface area (Å²) in [6.45, 7) is 0.153. The van der Waals surface area contributed by atoms with Crippen LogP contribution in [0.25, 0.3) is 5.76 Å². The van der Waals surface area contributed by atoms with Gasteiger partial charge in [-0.3, -0.25) is 19.6 Å². The fourth-order valence-electron chi connectivity index (χ4n) is 3.75. The third-order valence-electron chi connectivity index (χ3n) is 5.27. The summed E-state index contributed by atoms with van der Waals surface area (Å²) in [5, 5.41) is 11.2. The van der Waals surface area contributed by atoms with Gasteiger partial charge in [0.05, 0.1) is 25.8 Å². The zero-order chi connectivity index (χ0) is 22.7. The van der Waals surface area contributed by atoms with Crippen molar-refractivity contribution in [3.05, 3.63) is 89.5 Å². The molecule has 0 radical (unpaired) electrons. The summed E-state index contributed by atoms with van der Waals surface area (Å²) < 4.78 is 10.6. The Labute approximate surface area is 184 Å². The molecule has 1 aliphatic heterocycles. The Hall–Kier alpha value is -4.20. The van der Waals surface area contributed by atoms with E-state index < -0.39 is 17.7 Å². The molecule has 2 aromatic heterocycles. The summed E-state index contributed by atoms with van der Waals surface area (Å²) in [5.41, 5.74) is 1.68. The molecule has 1 N–H and O–H groups in total. The highest BCUT2D eigenvalue weighted by atomic mass is 16.5. The van der Waals surface area contributed by atoms with Crippen LogP contribution in [0.15, 0.2) is 72.8 Å². The van der Waals surface area contributed by atoms with Crippen LogP contribution < -0.4 is 9.47 Å². The van der Waals surface area contributed by atoms with Gasteiger partial charge in [0.1, 0.15) is 5.76 Å². The van der Waals surface area contributed by atoms with Gasteiger partial charge in [-0.25, -0.2) is 0 Å². The monoisotopic (exact) mass is 431 g/mol. The molecule has 1 saturated heterocycles. The van der Waals surface area contributed by atoms with Crippen molar-refractivity contribution in [2.45, 2.75) is 12.6 Å². The molecule has 0 bridgehead atoms. The number of amides is 1. The van der Waals surface area contributed by atoms with Gasteiger partial charge in [0, 0.05) is 36.9 Å². The van der Waals surface area contributed by atoms with E-state index in [1.165, 1.54) is 19.1 Å². The Morgan fingerprint density at radius 3 is 2.34 bits per heavy atom. The lowest BCUT2D eigenvalue weighted by Crippen LogP contribution is -2.29. The molecular weight excluding hydrogens is 410 g/mol. The van der Waals surface area contributed by atoms with Crippen molar-refractivity contribution >= 4 is 17.4 Å². The summed E-state index contributed by atoms with van der Waals surface area (Å²) in [7, 11) is 2.98. The van der Waals surface area contributed by atoms with E-state index in [-0.39, 0.29) is 17.9 Å². The van der Waals surface area contributed by atoms with E-state index in [0.717, 1.165) is 5.56 Å². The van der Waals surface area contributed by atoms with E-state index in [4.69, 9.17) is 9.47 Å². The average molecular weight is 431 g/mol. The number of aliphatic hydroxyl groups is 1. The molecule has 8 heteroatoms. The molecule has 3 heterocycles. The Balaban J connectivity index is 1.85. The Morgan fingerprint density at radius 1 is 1.00 bits per heavy atom. The molecule has 8 nitrogen and oxygen atoms in total. The van der Waals surface area contributed by atoms with Crippen LogP contribution in [0.5, 0.6) is 11.5 Å². The van der Waals surface area contributed by atoms with Crippen molar-refractivity contribution in [3.8, 4) is 11.5 Å². The third-order valence-corrected chi connectivity index (χ3v) is 5.27. The highest BCUT2D eigenvalue weighted by Crippen LogP contribution is 2.41. The van der Waals surface area contributed by atoms with E-state index >= 15 is 0 Å². The Bertz CT molecular complexity index is 1180. The molecule has 0 aliphatic carbocycles. The summed E-state index contributed by atoms with van der Waals surface area (Å²) in [4.78, 5) is 35.7. The first kappa shape index (κ1) is 21.0. The number of likely N-dealkylation sites (tertiary alicyclic amines) is 1. The van der Waals surface area contributed by atoms with Crippen LogP contribution in [0, 0.1) is 0 Å². The predicted molar refractivity (Wildman–Crippen MR) is 116 cm³/mol. The maximum Gasteiger partial charge on any atom is 0.295 e. The van der Waals surface area contributed by atoms with Gasteiger partial charge in [0.25, 0.3) is 11.7 Å². The topological polar surface area (TPSA) is 102 Å². The molecule has 1 aromatic carbocycles. The van der Waals surface area contributed by atoms with E-state index in [1.54, 1.807) is 61.2 Å². The van der Waals surface area contributed by atoms with Crippen LogP contribution in [0.3, 0.4) is 0 Å². The fourth-order valence-corrected chi connectivity index (χ4v) is 3.75. The highest BCUT2D eigenvalue weighted by Gasteiger charge is 2.46. The number of ether oxygens (including phenoxy) is 2. The Morgan fingerprint density at radius 2 is 1.72 bits per heavy atom. The van der Waals surface area contributed by atoms with Gasteiger partial charge in [0.15, 0.2) is 11.5 Å². The first-order chi connectivity index (χ1) is 15.5. The predicted octanol–water partition coefficient (Wildman–Crippen LogP) is 3.12. The van der Waals surface area contributed by atoms with E-state index in [9.17, 15) is 14.7 Å². The zero-order valence-corrected chi connectivity index (χ0v) is 17.6. The number of hydrogen-bond acceptors (Lipinski definition) is 7. The van der Waals surface area contributed by atoms with Crippen molar-refractivity contribution in [1.29, 1.82) is 0 Å². The van der Waals surface area contributed by atoms with Gasteiger partial charge in [-0.15, -0.1) is 0 Å². The van der Waals surface area contributed by atoms with Gasteiger partial charge in [-0.2, -0.15) is 0 Å². The molecule has 32 heavy (non-hydrogen) atoms. The minimum atomic E-state index is -0.808. The molecule has 3 aromatic rings. The van der Waals surface area contributed by atoms with Gasteiger partial charge >= 0.3 is 0 Å². The lowest BCUT2D eigenvalue weighted by molar-refractivity contribution is -0.140. The van der Waals surface area contributed by atoms with Crippen molar-refractivity contribution in [1.82, 2.24) is 14.9 Å². The lowest BCUT2D eigenvalue weighted by atomic mass is 9.96.